The smallest absolute Gasteiger partial charge is 0.410 e. The third-order valence-electron chi connectivity index (χ3n) is 4.87. The minimum atomic E-state index is -0.145. The summed E-state index contributed by atoms with van der Waals surface area (Å²) < 4.78 is 5.65. The van der Waals surface area contributed by atoms with E-state index in [1.807, 2.05) is 41.3 Å². The van der Waals surface area contributed by atoms with Crippen LogP contribution in [0.1, 0.15) is 63.9 Å². The molecule has 132 valence electrons. The highest BCUT2D eigenvalue weighted by atomic mass is 16.6. The Kier molecular flexibility index (Phi) is 7.87. The van der Waals surface area contributed by atoms with E-state index in [4.69, 9.17) is 4.74 Å². The molecular weight excluding hydrogens is 298 g/mol. The fourth-order valence-corrected chi connectivity index (χ4v) is 3.57. The number of piperidine rings is 1. The average molecular weight is 329 g/mol. The molecule has 0 spiro atoms. The van der Waals surface area contributed by atoms with Gasteiger partial charge in [-0.05, 0) is 44.1 Å². The lowest BCUT2D eigenvalue weighted by Crippen LogP contribution is -2.50. The summed E-state index contributed by atoms with van der Waals surface area (Å²) in [6.45, 7) is 6.38. The van der Waals surface area contributed by atoms with Gasteiger partial charge in [-0.1, -0.05) is 56.2 Å². The van der Waals surface area contributed by atoms with Crippen LogP contribution in [0.15, 0.2) is 43.0 Å². The Hall–Kier alpha value is -1.77. The van der Waals surface area contributed by atoms with E-state index in [9.17, 15) is 4.79 Å². The van der Waals surface area contributed by atoms with E-state index in [1.165, 1.54) is 19.3 Å². The number of hydrogen-bond acceptors (Lipinski definition) is 2. The average Bonchev–Trinajstić information content (AvgIpc) is 2.63. The fraction of sp³-hybridized carbons (Fsp3) is 0.571. The Labute approximate surface area is 146 Å². The number of unbranched alkanes of at least 4 members (excludes halogenated alkanes) is 1. The Morgan fingerprint density at radius 1 is 1.25 bits per heavy atom. The molecule has 1 heterocycles. The number of nitrogens with zero attached hydrogens (tertiary/aromatic N) is 1. The lowest BCUT2D eigenvalue weighted by atomic mass is 9.90. The van der Waals surface area contributed by atoms with Gasteiger partial charge in [-0.25, -0.2) is 4.79 Å². The molecule has 0 saturated carbocycles. The molecule has 1 aliphatic heterocycles. The Balaban J connectivity index is 2.01. The van der Waals surface area contributed by atoms with Gasteiger partial charge in [-0.3, -0.25) is 0 Å². The minimum Gasteiger partial charge on any atom is -0.445 e. The Morgan fingerprint density at radius 2 is 1.96 bits per heavy atom. The van der Waals surface area contributed by atoms with Crippen LogP contribution in [0.5, 0.6) is 0 Å². The van der Waals surface area contributed by atoms with Crippen LogP contribution in [0.3, 0.4) is 0 Å². The standard InChI is InChI=1S/C21H31NO2/c1-3-5-13-19-15-10-16-20(14-6-4-2)22(19)21(23)24-17-18-11-8-7-9-12-18/h3,7-9,11-12,19-20H,1,4-6,10,13-17H2,2H3/t19-,20+/m0/s1. The molecule has 0 aliphatic carbocycles. The van der Waals surface area contributed by atoms with Gasteiger partial charge in [0, 0.05) is 12.1 Å². The van der Waals surface area contributed by atoms with E-state index in [-0.39, 0.29) is 6.09 Å². The van der Waals surface area contributed by atoms with E-state index in [1.54, 1.807) is 0 Å². The van der Waals surface area contributed by atoms with Crippen molar-refractivity contribution in [2.45, 2.75) is 77.0 Å². The number of hydrogen-bond donors (Lipinski definition) is 0. The highest BCUT2D eigenvalue weighted by molar-refractivity contribution is 5.68. The van der Waals surface area contributed by atoms with Crippen LogP contribution in [0.25, 0.3) is 0 Å². The summed E-state index contributed by atoms with van der Waals surface area (Å²) in [5.41, 5.74) is 1.04. The van der Waals surface area contributed by atoms with Crippen molar-refractivity contribution in [2.75, 3.05) is 0 Å². The molecule has 1 aliphatic rings. The first-order valence-corrected chi connectivity index (χ1v) is 9.36. The van der Waals surface area contributed by atoms with Crippen molar-refractivity contribution < 1.29 is 9.53 Å². The van der Waals surface area contributed by atoms with Gasteiger partial charge in [0.15, 0.2) is 0 Å². The molecule has 2 atom stereocenters. The summed E-state index contributed by atoms with van der Waals surface area (Å²) in [4.78, 5) is 14.8. The minimum absolute atomic E-state index is 0.145. The molecule has 2 rings (SSSR count). The maximum atomic E-state index is 12.8. The predicted molar refractivity (Wildman–Crippen MR) is 98.8 cm³/mol. The zero-order chi connectivity index (χ0) is 17.2. The van der Waals surface area contributed by atoms with Crippen molar-refractivity contribution >= 4 is 6.09 Å². The first kappa shape index (κ1) is 18.6. The van der Waals surface area contributed by atoms with Crippen molar-refractivity contribution in [1.29, 1.82) is 0 Å². The molecule has 24 heavy (non-hydrogen) atoms. The zero-order valence-electron chi connectivity index (χ0n) is 15.0. The zero-order valence-corrected chi connectivity index (χ0v) is 15.0. The summed E-state index contributed by atoms with van der Waals surface area (Å²) in [5.74, 6) is 0. The van der Waals surface area contributed by atoms with E-state index >= 15 is 0 Å². The van der Waals surface area contributed by atoms with Gasteiger partial charge in [0.2, 0.25) is 0 Å². The normalized spacial score (nSPS) is 20.6. The third kappa shape index (κ3) is 5.40. The molecule has 1 aromatic rings. The van der Waals surface area contributed by atoms with Crippen LogP contribution < -0.4 is 0 Å². The van der Waals surface area contributed by atoms with Crippen LogP contribution in [0.4, 0.5) is 4.79 Å². The maximum Gasteiger partial charge on any atom is 0.410 e. The van der Waals surface area contributed by atoms with Gasteiger partial charge in [0.1, 0.15) is 6.61 Å². The number of rotatable bonds is 8. The van der Waals surface area contributed by atoms with Crippen molar-refractivity contribution in [3.05, 3.63) is 48.6 Å². The SMILES string of the molecule is C=CCC[C@H]1CCC[C@@H](CCCC)N1C(=O)OCc1ccccc1. The Morgan fingerprint density at radius 3 is 2.62 bits per heavy atom. The van der Waals surface area contributed by atoms with Crippen molar-refractivity contribution in [3.63, 3.8) is 0 Å². The van der Waals surface area contributed by atoms with Crippen molar-refractivity contribution in [3.8, 4) is 0 Å². The molecule has 1 fully saturated rings. The van der Waals surface area contributed by atoms with Gasteiger partial charge < -0.3 is 9.64 Å². The quantitative estimate of drug-likeness (QED) is 0.572. The van der Waals surface area contributed by atoms with Gasteiger partial charge in [-0.2, -0.15) is 0 Å². The van der Waals surface area contributed by atoms with Gasteiger partial charge >= 0.3 is 6.09 Å². The molecule has 0 unspecified atom stereocenters. The molecule has 0 aromatic heterocycles. The molecule has 1 amide bonds. The van der Waals surface area contributed by atoms with Crippen molar-refractivity contribution in [2.24, 2.45) is 0 Å². The molecule has 0 bridgehead atoms. The van der Waals surface area contributed by atoms with Gasteiger partial charge in [0.25, 0.3) is 0 Å². The number of likely N-dealkylation sites (tertiary alicyclic amines) is 1. The topological polar surface area (TPSA) is 29.5 Å². The molecular formula is C21H31NO2. The van der Waals surface area contributed by atoms with Crippen molar-refractivity contribution in [1.82, 2.24) is 4.90 Å². The molecule has 1 saturated heterocycles. The van der Waals surface area contributed by atoms with Crippen LogP contribution >= 0.6 is 0 Å². The van der Waals surface area contributed by atoms with E-state index in [0.29, 0.717) is 18.7 Å². The van der Waals surface area contributed by atoms with Crippen LogP contribution in [-0.2, 0) is 11.3 Å². The molecule has 3 nitrogen and oxygen atoms in total. The monoisotopic (exact) mass is 329 g/mol. The molecule has 1 aromatic carbocycles. The third-order valence-corrected chi connectivity index (χ3v) is 4.87. The highest BCUT2D eigenvalue weighted by Crippen LogP contribution is 2.29. The lowest BCUT2D eigenvalue weighted by molar-refractivity contribution is 0.0364. The second-order valence-electron chi connectivity index (χ2n) is 6.69. The van der Waals surface area contributed by atoms with Crippen LogP contribution in [0.2, 0.25) is 0 Å². The number of ether oxygens (including phenoxy) is 1. The van der Waals surface area contributed by atoms with Gasteiger partial charge in [0.05, 0.1) is 0 Å². The second-order valence-corrected chi connectivity index (χ2v) is 6.69. The number of carbonyl (C=O) groups excluding carboxylic acids is 1. The molecule has 0 N–H and O–H groups in total. The molecule has 0 radical (unpaired) electrons. The summed E-state index contributed by atoms with van der Waals surface area (Å²) >= 11 is 0. The number of benzene rings is 1. The van der Waals surface area contributed by atoms with E-state index in [2.05, 4.69) is 13.5 Å². The first-order chi connectivity index (χ1) is 11.8. The fourth-order valence-electron chi connectivity index (χ4n) is 3.57. The number of carbonyl (C=O) groups is 1. The summed E-state index contributed by atoms with van der Waals surface area (Å²) in [5, 5.41) is 0. The predicted octanol–water partition coefficient (Wildman–Crippen LogP) is 5.70. The first-order valence-electron chi connectivity index (χ1n) is 9.36. The van der Waals surface area contributed by atoms with Crippen LogP contribution in [0, 0.1) is 0 Å². The van der Waals surface area contributed by atoms with Gasteiger partial charge in [-0.15, -0.1) is 6.58 Å². The number of amides is 1. The maximum absolute atomic E-state index is 12.8. The molecule has 3 heteroatoms. The Bertz CT molecular complexity index is 500. The highest BCUT2D eigenvalue weighted by Gasteiger charge is 2.34. The van der Waals surface area contributed by atoms with E-state index in [0.717, 1.165) is 37.7 Å². The van der Waals surface area contributed by atoms with E-state index < -0.39 is 0 Å². The second kappa shape index (κ2) is 10.2. The van der Waals surface area contributed by atoms with Crippen LogP contribution in [-0.4, -0.2) is 23.1 Å². The summed E-state index contributed by atoms with van der Waals surface area (Å²) in [7, 11) is 0. The summed E-state index contributed by atoms with van der Waals surface area (Å²) in [6.07, 6.45) is 10.6. The largest absolute Gasteiger partial charge is 0.445 e. The number of allylic oxidation sites excluding steroid dienone is 1. The lowest BCUT2D eigenvalue weighted by Gasteiger charge is -2.41. The summed E-state index contributed by atoms with van der Waals surface area (Å²) in [6, 6.07) is 10.5.